The Hall–Kier alpha value is -4.05. The Bertz CT molecular complexity index is 1110. The van der Waals surface area contributed by atoms with Gasteiger partial charge in [-0.2, -0.15) is 5.26 Å². The Balaban J connectivity index is 0.000000231. The zero-order valence-corrected chi connectivity index (χ0v) is 19.9. The van der Waals surface area contributed by atoms with E-state index in [1.54, 1.807) is 30.1 Å². The minimum atomic E-state index is -0.515. The number of nitriles is 1. The van der Waals surface area contributed by atoms with Crippen molar-refractivity contribution < 1.29 is 18.4 Å². The Kier molecular flexibility index (Phi) is 10.6. The lowest BCUT2D eigenvalue weighted by Gasteiger charge is -2.23. The number of halogens is 1. The second-order valence-electron chi connectivity index (χ2n) is 8.15. The highest BCUT2D eigenvalue weighted by molar-refractivity contribution is 5.86. The van der Waals surface area contributed by atoms with Crippen LogP contribution in [0.15, 0.2) is 27.6 Å². The number of terminal acetylenes is 1. The van der Waals surface area contributed by atoms with E-state index in [4.69, 9.17) is 15.4 Å². The average Bonchev–Trinajstić information content (AvgIpc) is 3.45. The van der Waals surface area contributed by atoms with Crippen molar-refractivity contribution in [1.29, 1.82) is 5.26 Å². The molecule has 0 saturated carbocycles. The molecule has 0 atom stereocenters. The topological polar surface area (TPSA) is 128 Å². The fourth-order valence-electron chi connectivity index (χ4n) is 3.95. The van der Waals surface area contributed by atoms with Gasteiger partial charge in [0.05, 0.1) is 12.2 Å². The number of furan rings is 1. The molecule has 9 nitrogen and oxygen atoms in total. The quantitative estimate of drug-likeness (QED) is 0.227. The van der Waals surface area contributed by atoms with Crippen molar-refractivity contribution in [1.82, 2.24) is 15.1 Å². The first-order valence-electron chi connectivity index (χ1n) is 11.4. The Morgan fingerprint density at radius 2 is 1.89 bits per heavy atom. The Morgan fingerprint density at radius 3 is 2.57 bits per heavy atom. The van der Waals surface area contributed by atoms with Crippen LogP contribution in [0.2, 0.25) is 0 Å². The molecule has 1 aromatic heterocycles. The molecule has 3 N–H and O–H groups in total. The van der Waals surface area contributed by atoms with Crippen molar-refractivity contribution in [2.45, 2.75) is 45.4 Å². The molecule has 2 aromatic rings. The number of carbonyl (C=O) groups is 2. The maximum Gasteiger partial charge on any atom is 0.242 e. The number of nitrogens with zero attached hydrogens (tertiary/aromatic N) is 4. The summed E-state index contributed by atoms with van der Waals surface area (Å²) in [5, 5.41) is 11.1. The third kappa shape index (κ3) is 8.04. The fraction of sp³-hybridized carbons (Fsp3) is 0.440. The molecule has 186 valence electrons. The smallest absolute Gasteiger partial charge is 0.242 e. The average molecular weight is 483 g/mol. The molecule has 0 unspecified atom stereocenters. The van der Waals surface area contributed by atoms with Crippen molar-refractivity contribution in [2.24, 2.45) is 10.7 Å². The first kappa shape index (κ1) is 27.2. The first-order valence-corrected chi connectivity index (χ1v) is 11.4. The molecule has 2 aliphatic heterocycles. The molecule has 3 heterocycles. The van der Waals surface area contributed by atoms with Crippen LogP contribution in [-0.2, 0) is 9.59 Å². The molecule has 2 aliphatic rings. The Morgan fingerprint density at radius 1 is 1.20 bits per heavy atom. The highest BCUT2D eigenvalue weighted by atomic mass is 19.1. The van der Waals surface area contributed by atoms with Crippen LogP contribution in [-0.4, -0.2) is 53.8 Å². The largest absolute Gasteiger partial charge is 0.458 e. The number of benzene rings is 1. The number of carbonyl (C=O) groups excluding carboxylic acids is 2. The Labute approximate surface area is 204 Å². The summed E-state index contributed by atoms with van der Waals surface area (Å²) >= 11 is 0. The van der Waals surface area contributed by atoms with Crippen LogP contribution in [0.3, 0.4) is 0 Å². The third-order valence-electron chi connectivity index (χ3n) is 5.57. The molecule has 0 radical (unpaired) electrons. The minimum absolute atomic E-state index is 0.0912. The predicted molar refractivity (Wildman–Crippen MR) is 132 cm³/mol. The van der Waals surface area contributed by atoms with E-state index >= 15 is 0 Å². The molecular weight excluding hydrogens is 451 g/mol. The highest BCUT2D eigenvalue weighted by Gasteiger charge is 2.23. The number of aryl methyl sites for hydroxylation is 1. The van der Waals surface area contributed by atoms with Crippen molar-refractivity contribution in [3.05, 3.63) is 29.8 Å². The zero-order valence-electron chi connectivity index (χ0n) is 19.9. The maximum atomic E-state index is 13.6. The standard InChI is InChI=1S/C12H20N2O2.C11H9FN4O.C2H2/c15-11-6-2-1-3-9-14(11)10-12(16)13-7-4-5-8-13;1-6-2-7-3-8(16-11(14)15-5-13)4-9(12)10(7)17-6;1-2/h1-10H2;2-4H,1H3,(H3,14,15,16);1-2H. The molecule has 1 aromatic carbocycles. The van der Waals surface area contributed by atoms with E-state index in [-0.39, 0.29) is 23.4 Å². The summed E-state index contributed by atoms with van der Waals surface area (Å²) in [5.74, 6) is 0.298. The lowest BCUT2D eigenvalue weighted by molar-refractivity contribution is -0.139. The van der Waals surface area contributed by atoms with E-state index in [1.165, 1.54) is 6.07 Å². The number of fused-ring (bicyclic) bond motifs is 1. The van der Waals surface area contributed by atoms with Crippen molar-refractivity contribution >= 4 is 34.4 Å². The second kappa shape index (κ2) is 13.6. The molecule has 2 saturated heterocycles. The van der Waals surface area contributed by atoms with E-state index in [0.29, 0.717) is 29.8 Å². The predicted octanol–water partition coefficient (Wildman–Crippen LogP) is 3.16. The van der Waals surface area contributed by atoms with Crippen LogP contribution in [0, 0.1) is 37.0 Å². The van der Waals surface area contributed by atoms with Crippen molar-refractivity contribution in [3.63, 3.8) is 0 Å². The van der Waals surface area contributed by atoms with Gasteiger partial charge in [-0.05, 0) is 44.7 Å². The molecule has 0 spiro atoms. The monoisotopic (exact) mass is 482 g/mol. The summed E-state index contributed by atoms with van der Waals surface area (Å²) < 4.78 is 18.8. The van der Waals surface area contributed by atoms with Gasteiger partial charge in [-0.25, -0.2) is 9.38 Å². The number of nitrogens with one attached hydrogen (secondary N) is 1. The number of rotatable bonds is 3. The number of guanidine groups is 1. The number of aliphatic imine (C=N–C) groups is 1. The van der Waals surface area contributed by atoms with Crippen LogP contribution in [0.25, 0.3) is 11.0 Å². The molecule has 35 heavy (non-hydrogen) atoms. The molecule has 2 amide bonds. The zero-order chi connectivity index (χ0) is 25.8. The van der Waals surface area contributed by atoms with Gasteiger partial charge < -0.3 is 20.0 Å². The number of likely N-dealkylation sites (tertiary alicyclic amines) is 2. The van der Waals surface area contributed by atoms with Gasteiger partial charge in [0.2, 0.25) is 17.8 Å². The SMILES string of the molecule is C#C.Cc1cc2cc(N=C(N)NC#N)cc(F)c2o1.O=C(CN1CCCCCC1=O)N1CCCC1. The summed E-state index contributed by atoms with van der Waals surface area (Å²) in [4.78, 5) is 31.1. The molecule has 0 bridgehead atoms. The lowest BCUT2D eigenvalue weighted by Crippen LogP contribution is -2.41. The lowest BCUT2D eigenvalue weighted by atomic mass is 10.2. The van der Waals surface area contributed by atoms with Gasteiger partial charge >= 0.3 is 0 Å². The molecule has 0 aliphatic carbocycles. The first-order chi connectivity index (χ1) is 16.9. The molecular formula is C25H31FN6O3. The summed E-state index contributed by atoms with van der Waals surface area (Å²) in [7, 11) is 0. The van der Waals surface area contributed by atoms with E-state index in [2.05, 4.69) is 23.2 Å². The van der Waals surface area contributed by atoms with E-state index < -0.39 is 5.82 Å². The molecule has 2 fully saturated rings. The van der Waals surface area contributed by atoms with Gasteiger partial charge in [0.15, 0.2) is 17.6 Å². The van der Waals surface area contributed by atoms with Gasteiger partial charge in [0, 0.05) is 37.5 Å². The van der Waals surface area contributed by atoms with Gasteiger partial charge in [0.1, 0.15) is 5.76 Å². The summed E-state index contributed by atoms with van der Waals surface area (Å²) in [6.07, 6.45) is 15.6. The summed E-state index contributed by atoms with van der Waals surface area (Å²) in [5.41, 5.74) is 5.89. The van der Waals surface area contributed by atoms with Crippen LogP contribution in [0.5, 0.6) is 0 Å². The third-order valence-corrected chi connectivity index (χ3v) is 5.57. The van der Waals surface area contributed by atoms with Gasteiger partial charge in [-0.15, -0.1) is 12.8 Å². The number of nitrogens with two attached hydrogens (primary N) is 1. The van der Waals surface area contributed by atoms with E-state index in [1.807, 2.05) is 4.90 Å². The summed E-state index contributed by atoms with van der Waals surface area (Å²) in [6.45, 7) is 4.55. The minimum Gasteiger partial charge on any atom is -0.458 e. The van der Waals surface area contributed by atoms with Crippen LogP contribution >= 0.6 is 0 Å². The van der Waals surface area contributed by atoms with Gasteiger partial charge in [-0.3, -0.25) is 14.9 Å². The second-order valence-corrected chi connectivity index (χ2v) is 8.15. The number of hydrogen-bond donors (Lipinski definition) is 2. The van der Waals surface area contributed by atoms with E-state index in [0.717, 1.165) is 51.7 Å². The fourth-order valence-corrected chi connectivity index (χ4v) is 3.95. The maximum absolute atomic E-state index is 13.6. The highest BCUT2D eigenvalue weighted by Crippen LogP contribution is 2.27. The van der Waals surface area contributed by atoms with Crippen LogP contribution in [0.4, 0.5) is 10.1 Å². The molecule has 4 rings (SSSR count). The summed E-state index contributed by atoms with van der Waals surface area (Å²) in [6, 6.07) is 4.52. The van der Waals surface area contributed by atoms with Crippen molar-refractivity contribution in [3.8, 4) is 19.0 Å². The molecule has 10 heteroatoms. The normalized spacial score (nSPS) is 15.9. The van der Waals surface area contributed by atoms with Crippen LogP contribution < -0.4 is 11.1 Å². The van der Waals surface area contributed by atoms with Crippen molar-refractivity contribution in [2.75, 3.05) is 26.2 Å². The number of amides is 2. The van der Waals surface area contributed by atoms with Gasteiger partial charge in [-0.1, -0.05) is 6.42 Å². The van der Waals surface area contributed by atoms with Gasteiger partial charge in [0.25, 0.3) is 0 Å². The van der Waals surface area contributed by atoms with E-state index in [9.17, 15) is 14.0 Å². The van der Waals surface area contributed by atoms with Crippen LogP contribution in [0.1, 0.15) is 44.3 Å². The number of hydrogen-bond acceptors (Lipinski definition) is 5.